The van der Waals surface area contributed by atoms with Crippen molar-refractivity contribution in [2.75, 3.05) is 31.1 Å². The Bertz CT molecular complexity index is 1400. The maximum absolute atomic E-state index is 13.2. The number of carbonyl (C=O) groups excluding carboxylic acids is 2. The van der Waals surface area contributed by atoms with Crippen molar-refractivity contribution in [3.63, 3.8) is 0 Å². The van der Waals surface area contributed by atoms with Crippen LogP contribution in [0, 0.1) is 6.92 Å². The van der Waals surface area contributed by atoms with Gasteiger partial charge in [-0.15, -0.1) is 0 Å². The van der Waals surface area contributed by atoms with E-state index in [2.05, 4.69) is 35.6 Å². The van der Waals surface area contributed by atoms with Gasteiger partial charge in [-0.1, -0.05) is 41.9 Å². The van der Waals surface area contributed by atoms with Gasteiger partial charge in [0.25, 0.3) is 5.91 Å². The van der Waals surface area contributed by atoms with Gasteiger partial charge in [0.1, 0.15) is 0 Å². The molecule has 5 rings (SSSR count). The van der Waals surface area contributed by atoms with Crippen LogP contribution in [-0.2, 0) is 0 Å². The summed E-state index contributed by atoms with van der Waals surface area (Å²) in [6.07, 6.45) is 2.92. The first-order valence-electron chi connectivity index (χ1n) is 11.7. The summed E-state index contributed by atoms with van der Waals surface area (Å²) in [5, 5.41) is 6.30. The predicted octanol–water partition coefficient (Wildman–Crippen LogP) is 1.42. The Hall–Kier alpha value is -4.32. The third-order valence-corrected chi connectivity index (χ3v) is 6.83. The number of benzene rings is 1. The highest BCUT2D eigenvalue weighted by Gasteiger charge is 2.41. The summed E-state index contributed by atoms with van der Waals surface area (Å²) in [5.41, 5.74) is 12.8. The average molecular weight is 521 g/mol. The van der Waals surface area contributed by atoms with E-state index < -0.39 is 5.91 Å². The number of aryl methyl sites for hydroxylation is 1. The first-order valence-corrected chi connectivity index (χ1v) is 12.0. The highest BCUT2D eigenvalue weighted by atomic mass is 35.5. The summed E-state index contributed by atoms with van der Waals surface area (Å²) in [6, 6.07) is 9.64. The molecule has 2 saturated heterocycles. The molecule has 2 aliphatic heterocycles. The molecule has 6 N–H and O–H groups in total. The summed E-state index contributed by atoms with van der Waals surface area (Å²) in [7, 11) is 0. The number of hydrogen-bond acceptors (Lipinski definition) is 8. The van der Waals surface area contributed by atoms with E-state index in [9.17, 15) is 9.59 Å². The van der Waals surface area contributed by atoms with E-state index in [1.807, 2.05) is 37.3 Å². The molecular formula is C24H25ClN10O2. The third kappa shape index (κ3) is 4.87. The summed E-state index contributed by atoms with van der Waals surface area (Å²) >= 11 is 5.87. The number of aromatic nitrogens is 4. The van der Waals surface area contributed by atoms with Gasteiger partial charge in [-0.05, 0) is 19.8 Å². The number of nitrogens with zero attached hydrogens (tertiary/aromatic N) is 6. The van der Waals surface area contributed by atoms with Crippen molar-refractivity contribution in [2.24, 2.45) is 4.99 Å². The number of anilines is 2. The summed E-state index contributed by atoms with van der Waals surface area (Å²) < 4.78 is 0. The topological polar surface area (TPSA) is 177 Å². The van der Waals surface area contributed by atoms with Crippen LogP contribution < -0.4 is 22.1 Å². The molecule has 2 aliphatic rings. The third-order valence-electron chi connectivity index (χ3n) is 6.55. The molecule has 12 nitrogen and oxygen atoms in total. The van der Waals surface area contributed by atoms with Gasteiger partial charge in [0.15, 0.2) is 34.3 Å². The lowest BCUT2D eigenvalue weighted by Gasteiger charge is -2.38. The van der Waals surface area contributed by atoms with Gasteiger partial charge in [0.2, 0.25) is 0 Å². The van der Waals surface area contributed by atoms with Crippen LogP contribution >= 0.6 is 11.6 Å². The number of halogens is 1. The SMILES string of the molecule is Cc1nc(-c2ccccc2)ncc1C(=O)N1CCC2(CC1)CN/C(=N\C(=O)c1nc(Cl)c(N)nc1N)N2. The van der Waals surface area contributed by atoms with E-state index in [1.165, 1.54) is 0 Å². The van der Waals surface area contributed by atoms with Gasteiger partial charge in [0, 0.05) is 31.4 Å². The van der Waals surface area contributed by atoms with Crippen molar-refractivity contribution in [3.8, 4) is 11.4 Å². The van der Waals surface area contributed by atoms with Crippen molar-refractivity contribution < 1.29 is 9.59 Å². The molecule has 0 unspecified atom stereocenters. The molecule has 0 saturated carbocycles. The van der Waals surface area contributed by atoms with E-state index in [1.54, 1.807) is 11.1 Å². The molecule has 1 aromatic carbocycles. The van der Waals surface area contributed by atoms with Crippen molar-refractivity contribution in [1.29, 1.82) is 0 Å². The zero-order valence-electron chi connectivity index (χ0n) is 20.0. The van der Waals surface area contributed by atoms with Gasteiger partial charge in [0.05, 0.1) is 16.8 Å². The quantitative estimate of drug-likeness (QED) is 0.394. The highest BCUT2D eigenvalue weighted by Crippen LogP contribution is 2.26. The molecular weight excluding hydrogens is 496 g/mol. The van der Waals surface area contributed by atoms with Gasteiger partial charge in [-0.25, -0.2) is 19.9 Å². The van der Waals surface area contributed by atoms with Crippen molar-refractivity contribution >= 4 is 41.0 Å². The molecule has 13 heteroatoms. The lowest BCUT2D eigenvalue weighted by molar-refractivity contribution is 0.0667. The van der Waals surface area contributed by atoms with Gasteiger partial charge in [-0.2, -0.15) is 4.99 Å². The Morgan fingerprint density at radius 2 is 1.81 bits per heavy atom. The number of nitrogen functional groups attached to an aromatic ring is 2. The Morgan fingerprint density at radius 3 is 2.51 bits per heavy atom. The van der Waals surface area contributed by atoms with Crippen molar-refractivity contribution in [3.05, 3.63) is 58.6 Å². The van der Waals surface area contributed by atoms with E-state index >= 15 is 0 Å². The summed E-state index contributed by atoms with van der Waals surface area (Å²) in [6.45, 7) is 3.43. The molecule has 2 amide bonds. The van der Waals surface area contributed by atoms with E-state index in [-0.39, 0.29) is 33.9 Å². The Balaban J connectivity index is 1.23. The Kier molecular flexibility index (Phi) is 6.34. The van der Waals surface area contributed by atoms with E-state index in [0.717, 1.165) is 5.56 Å². The number of aliphatic imine (C=N–C) groups is 1. The number of carbonyl (C=O) groups is 2. The maximum Gasteiger partial charge on any atom is 0.302 e. The molecule has 190 valence electrons. The summed E-state index contributed by atoms with van der Waals surface area (Å²) in [4.78, 5) is 48.3. The molecule has 2 aromatic heterocycles. The first-order chi connectivity index (χ1) is 17.7. The number of likely N-dealkylation sites (tertiary alicyclic amines) is 1. The van der Waals surface area contributed by atoms with Crippen LogP contribution in [0.4, 0.5) is 11.6 Å². The number of nitrogens with two attached hydrogens (primary N) is 2. The largest absolute Gasteiger partial charge is 0.382 e. The molecule has 2 fully saturated rings. The molecule has 3 aromatic rings. The minimum Gasteiger partial charge on any atom is -0.382 e. The Morgan fingerprint density at radius 1 is 1.08 bits per heavy atom. The van der Waals surface area contributed by atoms with Crippen LogP contribution in [0.2, 0.25) is 5.15 Å². The normalized spacial score (nSPS) is 17.5. The second kappa shape index (κ2) is 9.62. The number of amides is 2. The van der Waals surface area contributed by atoms with E-state index in [0.29, 0.717) is 55.5 Å². The fourth-order valence-corrected chi connectivity index (χ4v) is 4.55. The molecule has 0 atom stereocenters. The molecule has 0 aliphatic carbocycles. The zero-order chi connectivity index (χ0) is 26.2. The van der Waals surface area contributed by atoms with Crippen molar-refractivity contribution in [1.82, 2.24) is 35.5 Å². The fraction of sp³-hybridized carbons (Fsp3) is 0.292. The number of rotatable bonds is 3. The molecule has 0 radical (unpaired) electrons. The molecule has 37 heavy (non-hydrogen) atoms. The van der Waals surface area contributed by atoms with Gasteiger partial charge in [-0.3, -0.25) is 9.59 Å². The first kappa shape index (κ1) is 24.4. The van der Waals surface area contributed by atoms with Crippen LogP contribution in [0.25, 0.3) is 11.4 Å². The Labute approximate surface area is 217 Å². The van der Waals surface area contributed by atoms with Crippen LogP contribution in [0.15, 0.2) is 41.5 Å². The lowest BCUT2D eigenvalue weighted by Crippen LogP contribution is -2.53. The van der Waals surface area contributed by atoms with Crippen molar-refractivity contribution in [2.45, 2.75) is 25.3 Å². The molecule has 4 heterocycles. The fourth-order valence-electron chi connectivity index (χ4n) is 4.43. The minimum atomic E-state index is -0.694. The number of hydrogen-bond donors (Lipinski definition) is 4. The van der Waals surface area contributed by atoms with Gasteiger partial charge < -0.3 is 27.0 Å². The zero-order valence-corrected chi connectivity index (χ0v) is 20.8. The lowest BCUT2D eigenvalue weighted by atomic mass is 9.88. The second-order valence-electron chi connectivity index (χ2n) is 9.01. The van der Waals surface area contributed by atoms with Crippen LogP contribution in [0.3, 0.4) is 0 Å². The predicted molar refractivity (Wildman–Crippen MR) is 139 cm³/mol. The van der Waals surface area contributed by atoms with Crippen LogP contribution in [0.1, 0.15) is 39.4 Å². The second-order valence-corrected chi connectivity index (χ2v) is 9.37. The van der Waals surface area contributed by atoms with Gasteiger partial charge >= 0.3 is 5.91 Å². The smallest absolute Gasteiger partial charge is 0.302 e. The van der Waals surface area contributed by atoms with Crippen LogP contribution in [0.5, 0.6) is 0 Å². The average Bonchev–Trinajstić information content (AvgIpc) is 3.28. The number of nitrogens with one attached hydrogen (secondary N) is 2. The van der Waals surface area contributed by atoms with Crippen LogP contribution in [-0.4, -0.2) is 67.8 Å². The number of piperidine rings is 1. The highest BCUT2D eigenvalue weighted by molar-refractivity contribution is 6.31. The monoisotopic (exact) mass is 520 g/mol. The molecule has 1 spiro atoms. The molecule has 0 bridgehead atoms. The number of guanidine groups is 1. The maximum atomic E-state index is 13.2. The summed E-state index contributed by atoms with van der Waals surface area (Å²) in [5.74, 6) is -0.109. The van der Waals surface area contributed by atoms with E-state index in [4.69, 9.17) is 23.1 Å². The minimum absolute atomic E-state index is 0.0605. The standard InChI is InChI=1S/C24H25ClN10O2/c1-13-15(11-28-20(30-13)14-5-3-2-4-6-14)22(37)35-9-7-24(8-10-35)12-29-23(34-24)33-21(36)16-18(26)32-19(27)17(25)31-16/h2-6,11H,7-10,12H2,1H3,(H4,26,27,32)(H2,29,33,34,36).